The maximum absolute atomic E-state index is 11.9. The number of nitrogens with zero attached hydrogens (tertiary/aromatic N) is 2. The van der Waals surface area contributed by atoms with Crippen LogP contribution in [0, 0.1) is 0 Å². The molecule has 2 aromatic heterocycles. The van der Waals surface area contributed by atoms with Gasteiger partial charge in [-0.05, 0) is 37.3 Å². The standard InChI is InChI=1S/C17H24N4OS/c22-16-7-2-1-3-9-21(16)10-5-8-18-12-14-13-19-20-17(14)15-6-4-11-23-15/h4,6,11,13,18H,1-3,5,7-10,12H2,(H,19,20). The molecule has 0 unspecified atom stereocenters. The third kappa shape index (κ3) is 4.42. The second-order valence-electron chi connectivity index (χ2n) is 5.97. The van der Waals surface area contributed by atoms with E-state index < -0.39 is 0 Å². The Labute approximate surface area is 141 Å². The van der Waals surface area contributed by atoms with E-state index in [0.29, 0.717) is 5.91 Å². The molecule has 6 heteroatoms. The highest BCUT2D eigenvalue weighted by Crippen LogP contribution is 2.25. The van der Waals surface area contributed by atoms with Crippen molar-refractivity contribution in [1.29, 1.82) is 0 Å². The smallest absolute Gasteiger partial charge is 0.222 e. The lowest BCUT2D eigenvalue weighted by molar-refractivity contribution is -0.130. The van der Waals surface area contributed by atoms with Gasteiger partial charge >= 0.3 is 0 Å². The molecule has 1 aliphatic rings. The summed E-state index contributed by atoms with van der Waals surface area (Å²) in [5, 5.41) is 12.8. The van der Waals surface area contributed by atoms with Crippen molar-refractivity contribution in [3.05, 3.63) is 29.3 Å². The van der Waals surface area contributed by atoms with E-state index in [0.717, 1.165) is 57.6 Å². The van der Waals surface area contributed by atoms with Gasteiger partial charge in [0.2, 0.25) is 5.91 Å². The molecule has 0 bridgehead atoms. The Hall–Kier alpha value is -1.66. The Morgan fingerprint density at radius 2 is 2.30 bits per heavy atom. The summed E-state index contributed by atoms with van der Waals surface area (Å²) in [6.45, 7) is 3.52. The molecule has 3 heterocycles. The molecule has 2 aromatic rings. The van der Waals surface area contributed by atoms with Gasteiger partial charge in [0.1, 0.15) is 0 Å². The highest BCUT2D eigenvalue weighted by Gasteiger charge is 2.15. The highest BCUT2D eigenvalue weighted by atomic mass is 32.1. The van der Waals surface area contributed by atoms with Gasteiger partial charge in [-0.2, -0.15) is 5.10 Å². The minimum absolute atomic E-state index is 0.331. The lowest BCUT2D eigenvalue weighted by atomic mass is 10.2. The molecular weight excluding hydrogens is 308 g/mol. The molecule has 2 N–H and O–H groups in total. The van der Waals surface area contributed by atoms with Crippen LogP contribution in [-0.4, -0.2) is 40.6 Å². The number of H-pyrrole nitrogens is 1. The summed E-state index contributed by atoms with van der Waals surface area (Å²) in [7, 11) is 0. The average molecular weight is 332 g/mol. The maximum Gasteiger partial charge on any atom is 0.222 e. The van der Waals surface area contributed by atoms with E-state index in [1.165, 1.54) is 16.9 Å². The van der Waals surface area contributed by atoms with Gasteiger partial charge in [-0.3, -0.25) is 9.89 Å². The molecule has 124 valence electrons. The van der Waals surface area contributed by atoms with E-state index in [1.54, 1.807) is 11.3 Å². The summed E-state index contributed by atoms with van der Waals surface area (Å²) >= 11 is 1.72. The first-order valence-corrected chi connectivity index (χ1v) is 9.27. The molecule has 1 saturated heterocycles. The minimum Gasteiger partial charge on any atom is -0.343 e. The van der Waals surface area contributed by atoms with Crippen molar-refractivity contribution in [1.82, 2.24) is 20.4 Å². The quantitative estimate of drug-likeness (QED) is 0.766. The number of amides is 1. The zero-order valence-electron chi connectivity index (χ0n) is 13.4. The molecule has 3 rings (SSSR count). The lowest BCUT2D eigenvalue weighted by Gasteiger charge is -2.20. The molecule has 1 aliphatic heterocycles. The predicted octanol–water partition coefficient (Wildman–Crippen LogP) is 3.02. The third-order valence-electron chi connectivity index (χ3n) is 4.25. The Bertz CT molecular complexity index is 608. The zero-order chi connectivity index (χ0) is 15.9. The largest absolute Gasteiger partial charge is 0.343 e. The van der Waals surface area contributed by atoms with E-state index in [1.807, 2.05) is 11.1 Å². The molecule has 0 atom stereocenters. The second kappa shape index (κ2) is 8.26. The van der Waals surface area contributed by atoms with Gasteiger partial charge in [0.25, 0.3) is 0 Å². The normalized spacial score (nSPS) is 15.8. The fourth-order valence-electron chi connectivity index (χ4n) is 2.97. The SMILES string of the molecule is O=C1CCCCCN1CCCNCc1cn[nH]c1-c1cccs1. The summed E-state index contributed by atoms with van der Waals surface area (Å²) < 4.78 is 0. The van der Waals surface area contributed by atoms with Crippen molar-refractivity contribution < 1.29 is 4.79 Å². The number of thiophene rings is 1. The van der Waals surface area contributed by atoms with E-state index in [4.69, 9.17) is 0 Å². The zero-order valence-corrected chi connectivity index (χ0v) is 14.2. The number of hydrogen-bond donors (Lipinski definition) is 2. The third-order valence-corrected chi connectivity index (χ3v) is 5.14. The molecule has 0 saturated carbocycles. The molecular formula is C17H24N4OS. The first kappa shape index (κ1) is 16.2. The van der Waals surface area contributed by atoms with Crippen molar-refractivity contribution in [3.63, 3.8) is 0 Å². The van der Waals surface area contributed by atoms with E-state index in [9.17, 15) is 4.79 Å². The topological polar surface area (TPSA) is 61.0 Å². The highest BCUT2D eigenvalue weighted by molar-refractivity contribution is 7.13. The van der Waals surface area contributed by atoms with Crippen LogP contribution in [0.2, 0.25) is 0 Å². The van der Waals surface area contributed by atoms with E-state index in [-0.39, 0.29) is 0 Å². The number of hydrogen-bond acceptors (Lipinski definition) is 4. The van der Waals surface area contributed by atoms with Gasteiger partial charge in [-0.15, -0.1) is 11.3 Å². The summed E-state index contributed by atoms with van der Waals surface area (Å²) in [5.74, 6) is 0.331. The van der Waals surface area contributed by atoms with Crippen LogP contribution >= 0.6 is 11.3 Å². The summed E-state index contributed by atoms with van der Waals surface area (Å²) in [6, 6.07) is 4.16. The van der Waals surface area contributed by atoms with E-state index >= 15 is 0 Å². The number of carbonyl (C=O) groups is 1. The number of aromatic amines is 1. The van der Waals surface area contributed by atoms with Crippen LogP contribution in [0.1, 0.15) is 37.7 Å². The van der Waals surface area contributed by atoms with Crippen LogP contribution in [0.25, 0.3) is 10.6 Å². The van der Waals surface area contributed by atoms with Crippen molar-refractivity contribution in [3.8, 4) is 10.6 Å². The van der Waals surface area contributed by atoms with Gasteiger partial charge < -0.3 is 10.2 Å². The van der Waals surface area contributed by atoms with Crippen LogP contribution in [-0.2, 0) is 11.3 Å². The summed E-state index contributed by atoms with van der Waals surface area (Å²) in [4.78, 5) is 15.2. The van der Waals surface area contributed by atoms with Crippen LogP contribution in [0.15, 0.2) is 23.7 Å². The van der Waals surface area contributed by atoms with Gasteiger partial charge in [0, 0.05) is 31.6 Å². The number of rotatable bonds is 7. The van der Waals surface area contributed by atoms with Crippen molar-refractivity contribution in [2.24, 2.45) is 0 Å². The lowest BCUT2D eigenvalue weighted by Crippen LogP contribution is -2.32. The molecule has 0 aromatic carbocycles. The van der Waals surface area contributed by atoms with Crippen molar-refractivity contribution >= 4 is 17.2 Å². The van der Waals surface area contributed by atoms with Gasteiger partial charge in [-0.25, -0.2) is 0 Å². The molecule has 5 nitrogen and oxygen atoms in total. The fraction of sp³-hybridized carbons (Fsp3) is 0.529. The van der Waals surface area contributed by atoms with Crippen LogP contribution < -0.4 is 5.32 Å². The van der Waals surface area contributed by atoms with Crippen LogP contribution in [0.5, 0.6) is 0 Å². The van der Waals surface area contributed by atoms with Gasteiger partial charge in [0.05, 0.1) is 16.8 Å². The fourth-order valence-corrected chi connectivity index (χ4v) is 3.73. The minimum atomic E-state index is 0.331. The Morgan fingerprint density at radius 3 is 3.17 bits per heavy atom. The Morgan fingerprint density at radius 1 is 1.35 bits per heavy atom. The predicted molar refractivity (Wildman–Crippen MR) is 93.3 cm³/mol. The number of aromatic nitrogens is 2. The molecule has 0 radical (unpaired) electrons. The van der Waals surface area contributed by atoms with Crippen LogP contribution in [0.4, 0.5) is 0 Å². The van der Waals surface area contributed by atoms with Crippen molar-refractivity contribution in [2.75, 3.05) is 19.6 Å². The maximum atomic E-state index is 11.9. The number of likely N-dealkylation sites (tertiary alicyclic amines) is 1. The summed E-state index contributed by atoms with van der Waals surface area (Å²) in [6.07, 6.45) is 7.01. The second-order valence-corrected chi connectivity index (χ2v) is 6.92. The molecule has 0 spiro atoms. The average Bonchev–Trinajstić information content (AvgIpc) is 3.19. The first-order valence-electron chi connectivity index (χ1n) is 8.39. The molecule has 1 amide bonds. The number of carbonyl (C=O) groups excluding carboxylic acids is 1. The Balaban J connectivity index is 1.40. The van der Waals surface area contributed by atoms with Gasteiger partial charge in [-0.1, -0.05) is 12.5 Å². The summed E-state index contributed by atoms with van der Waals surface area (Å²) in [5.41, 5.74) is 2.30. The Kier molecular flexibility index (Phi) is 5.82. The van der Waals surface area contributed by atoms with Crippen molar-refractivity contribution in [2.45, 2.75) is 38.6 Å². The van der Waals surface area contributed by atoms with Gasteiger partial charge in [0.15, 0.2) is 0 Å². The number of nitrogens with one attached hydrogen (secondary N) is 2. The molecule has 23 heavy (non-hydrogen) atoms. The molecule has 1 fully saturated rings. The first-order chi connectivity index (χ1) is 11.3. The monoisotopic (exact) mass is 332 g/mol. The molecule has 0 aliphatic carbocycles. The van der Waals surface area contributed by atoms with E-state index in [2.05, 4.69) is 33.0 Å². The van der Waals surface area contributed by atoms with Crippen LogP contribution in [0.3, 0.4) is 0 Å².